The van der Waals surface area contributed by atoms with E-state index in [9.17, 15) is 4.79 Å². The highest BCUT2D eigenvalue weighted by atomic mass is 16.5. The molecule has 0 N–H and O–H groups in total. The summed E-state index contributed by atoms with van der Waals surface area (Å²) in [6.45, 7) is 6.84. The van der Waals surface area contributed by atoms with Crippen molar-refractivity contribution in [1.29, 1.82) is 0 Å². The number of carbonyl (C=O) groups excluding carboxylic acids is 1. The Bertz CT molecular complexity index is 1040. The second kappa shape index (κ2) is 9.03. The summed E-state index contributed by atoms with van der Waals surface area (Å²) < 4.78 is 18.8. The number of aromatic nitrogens is 3. The molecular weight excluding hydrogens is 396 g/mol. The fourth-order valence-electron chi connectivity index (χ4n) is 3.75. The van der Waals surface area contributed by atoms with Gasteiger partial charge in [-0.2, -0.15) is 0 Å². The number of carbonyl (C=O) groups is 1. The molecule has 1 aromatic carbocycles. The van der Waals surface area contributed by atoms with Crippen LogP contribution in [0.1, 0.15) is 25.0 Å². The Balaban J connectivity index is 1.67. The zero-order valence-electron chi connectivity index (χ0n) is 18.2. The normalized spacial score (nSPS) is 14.7. The van der Waals surface area contributed by atoms with Gasteiger partial charge in [-0.15, -0.1) is 5.10 Å². The van der Waals surface area contributed by atoms with Gasteiger partial charge in [0, 0.05) is 32.6 Å². The van der Waals surface area contributed by atoms with Gasteiger partial charge in [-0.25, -0.2) is 0 Å². The third-order valence-electron chi connectivity index (χ3n) is 5.31. The van der Waals surface area contributed by atoms with E-state index in [-0.39, 0.29) is 5.91 Å². The molecule has 3 aromatic rings. The van der Waals surface area contributed by atoms with E-state index in [0.29, 0.717) is 45.3 Å². The van der Waals surface area contributed by atoms with E-state index < -0.39 is 5.60 Å². The molecule has 0 radical (unpaired) electrons. The van der Waals surface area contributed by atoms with Crippen molar-refractivity contribution in [3.63, 3.8) is 0 Å². The molecule has 1 amide bonds. The summed E-state index contributed by atoms with van der Waals surface area (Å²) in [5.41, 5.74) is 1.91. The minimum Gasteiger partial charge on any atom is -0.460 e. The predicted molar refractivity (Wildman–Crippen MR) is 116 cm³/mol. The van der Waals surface area contributed by atoms with Gasteiger partial charge in [0.25, 0.3) is 5.91 Å². The molecule has 0 spiro atoms. The Morgan fingerprint density at radius 1 is 1.19 bits per heavy atom. The van der Waals surface area contributed by atoms with Crippen LogP contribution >= 0.6 is 0 Å². The number of benzene rings is 1. The molecule has 3 heterocycles. The summed E-state index contributed by atoms with van der Waals surface area (Å²) in [7, 11) is 1.66. The lowest BCUT2D eigenvalue weighted by Gasteiger charge is -2.33. The van der Waals surface area contributed by atoms with Crippen molar-refractivity contribution in [2.45, 2.75) is 32.6 Å². The SMILES string of the molecule is COCc1ccc2c(c1)c(OC(C)(C)C(=O)N1CCOCC1)nn2Cc1cccnc1. The average molecular weight is 425 g/mol. The Morgan fingerprint density at radius 3 is 2.71 bits per heavy atom. The van der Waals surface area contributed by atoms with Crippen molar-refractivity contribution < 1.29 is 19.0 Å². The highest BCUT2D eigenvalue weighted by Crippen LogP contribution is 2.30. The number of nitrogens with zero attached hydrogens (tertiary/aromatic N) is 4. The Kier molecular flexibility index (Phi) is 6.20. The maximum absolute atomic E-state index is 13.1. The quantitative estimate of drug-likeness (QED) is 0.580. The van der Waals surface area contributed by atoms with E-state index in [1.165, 1.54) is 0 Å². The van der Waals surface area contributed by atoms with Gasteiger partial charge < -0.3 is 19.1 Å². The number of ether oxygens (including phenoxy) is 3. The average Bonchev–Trinajstić information content (AvgIpc) is 3.10. The maximum atomic E-state index is 13.1. The lowest BCUT2D eigenvalue weighted by molar-refractivity contribution is -0.149. The third-order valence-corrected chi connectivity index (χ3v) is 5.31. The first-order chi connectivity index (χ1) is 15.0. The van der Waals surface area contributed by atoms with E-state index in [0.717, 1.165) is 22.0 Å². The van der Waals surface area contributed by atoms with Crippen molar-refractivity contribution in [3.05, 3.63) is 53.9 Å². The molecule has 0 aliphatic carbocycles. The number of amides is 1. The van der Waals surface area contributed by atoms with Gasteiger partial charge in [-0.05, 0) is 43.2 Å². The maximum Gasteiger partial charge on any atom is 0.266 e. The van der Waals surface area contributed by atoms with Crippen LogP contribution in [0.2, 0.25) is 0 Å². The molecule has 1 aliphatic rings. The Morgan fingerprint density at radius 2 is 2.00 bits per heavy atom. The minimum absolute atomic E-state index is 0.0706. The Labute approximate surface area is 181 Å². The largest absolute Gasteiger partial charge is 0.460 e. The number of methoxy groups -OCH3 is 1. The smallest absolute Gasteiger partial charge is 0.266 e. The van der Waals surface area contributed by atoms with Gasteiger partial charge in [0.05, 0.1) is 37.3 Å². The first-order valence-corrected chi connectivity index (χ1v) is 10.4. The van der Waals surface area contributed by atoms with Gasteiger partial charge >= 0.3 is 0 Å². The van der Waals surface area contributed by atoms with Gasteiger partial charge in [0.15, 0.2) is 5.60 Å². The van der Waals surface area contributed by atoms with Crippen LogP contribution in [-0.4, -0.2) is 64.6 Å². The summed E-state index contributed by atoms with van der Waals surface area (Å²) in [4.78, 5) is 19.1. The van der Waals surface area contributed by atoms with Crippen LogP contribution in [0, 0.1) is 0 Å². The monoisotopic (exact) mass is 424 g/mol. The topological polar surface area (TPSA) is 78.7 Å². The molecule has 0 bridgehead atoms. The fourth-order valence-corrected chi connectivity index (χ4v) is 3.75. The standard InChI is InChI=1S/C23H28N4O4/c1-23(2,22(28)26-9-11-30-12-10-26)31-21-19-13-17(16-29-3)6-7-20(19)27(25-21)15-18-5-4-8-24-14-18/h4-8,13-14H,9-12,15-16H2,1-3H3. The van der Waals surface area contributed by atoms with Crippen LogP contribution in [0.5, 0.6) is 5.88 Å². The van der Waals surface area contributed by atoms with Crippen LogP contribution < -0.4 is 4.74 Å². The minimum atomic E-state index is -1.06. The van der Waals surface area contributed by atoms with Gasteiger partial charge in [-0.3, -0.25) is 14.5 Å². The second-order valence-electron chi connectivity index (χ2n) is 8.13. The highest BCUT2D eigenvalue weighted by Gasteiger charge is 2.36. The van der Waals surface area contributed by atoms with Crippen molar-refractivity contribution in [3.8, 4) is 5.88 Å². The first kappa shape index (κ1) is 21.3. The molecular formula is C23H28N4O4. The highest BCUT2D eigenvalue weighted by molar-refractivity contribution is 5.88. The lowest BCUT2D eigenvalue weighted by Crippen LogP contribution is -2.52. The van der Waals surface area contributed by atoms with E-state index >= 15 is 0 Å². The van der Waals surface area contributed by atoms with Crippen LogP contribution in [-0.2, 0) is 27.4 Å². The molecule has 1 fully saturated rings. The predicted octanol–water partition coefficient (Wildman–Crippen LogP) is 2.64. The molecule has 4 rings (SSSR count). The van der Waals surface area contributed by atoms with Crippen LogP contribution in [0.15, 0.2) is 42.7 Å². The zero-order chi connectivity index (χ0) is 21.8. The van der Waals surface area contributed by atoms with Crippen LogP contribution in [0.3, 0.4) is 0 Å². The van der Waals surface area contributed by atoms with Gasteiger partial charge in [0.1, 0.15) is 0 Å². The zero-order valence-corrected chi connectivity index (χ0v) is 18.2. The molecule has 0 atom stereocenters. The number of fused-ring (bicyclic) bond motifs is 1. The third kappa shape index (κ3) is 4.70. The van der Waals surface area contributed by atoms with Gasteiger partial charge in [0.2, 0.25) is 5.88 Å². The lowest BCUT2D eigenvalue weighted by atomic mass is 10.1. The summed E-state index contributed by atoms with van der Waals surface area (Å²) in [5, 5.41) is 5.58. The van der Waals surface area contributed by atoms with E-state index in [1.54, 1.807) is 32.1 Å². The molecule has 1 saturated heterocycles. The molecule has 8 nitrogen and oxygen atoms in total. The summed E-state index contributed by atoms with van der Waals surface area (Å²) >= 11 is 0. The molecule has 1 aliphatic heterocycles. The van der Waals surface area contributed by atoms with E-state index in [2.05, 4.69) is 4.98 Å². The number of hydrogen-bond donors (Lipinski definition) is 0. The number of rotatable bonds is 7. The fraction of sp³-hybridized carbons (Fsp3) is 0.435. The van der Waals surface area contributed by atoms with E-state index in [4.69, 9.17) is 19.3 Å². The first-order valence-electron chi connectivity index (χ1n) is 10.4. The molecule has 31 heavy (non-hydrogen) atoms. The molecule has 0 saturated carbocycles. The molecule has 2 aromatic heterocycles. The summed E-state index contributed by atoms with van der Waals surface area (Å²) in [6, 6.07) is 9.94. The molecule has 0 unspecified atom stereocenters. The van der Waals surface area contributed by atoms with Crippen molar-refractivity contribution >= 4 is 16.8 Å². The second-order valence-corrected chi connectivity index (χ2v) is 8.13. The van der Waals surface area contributed by atoms with E-state index in [1.807, 2.05) is 41.2 Å². The van der Waals surface area contributed by atoms with Crippen LogP contribution in [0.4, 0.5) is 0 Å². The van der Waals surface area contributed by atoms with Gasteiger partial charge in [-0.1, -0.05) is 12.1 Å². The number of hydrogen-bond acceptors (Lipinski definition) is 6. The molecule has 8 heteroatoms. The van der Waals surface area contributed by atoms with Crippen molar-refractivity contribution in [1.82, 2.24) is 19.7 Å². The van der Waals surface area contributed by atoms with Crippen molar-refractivity contribution in [2.24, 2.45) is 0 Å². The number of pyridine rings is 1. The van der Waals surface area contributed by atoms with Crippen LogP contribution in [0.25, 0.3) is 10.9 Å². The Hall–Kier alpha value is -2.97. The summed E-state index contributed by atoms with van der Waals surface area (Å²) in [6.07, 6.45) is 3.56. The number of morpholine rings is 1. The van der Waals surface area contributed by atoms with Crippen molar-refractivity contribution in [2.75, 3.05) is 33.4 Å². The molecule has 164 valence electrons. The summed E-state index contributed by atoms with van der Waals surface area (Å²) in [5.74, 6) is 0.363.